The molecule has 0 unspecified atom stereocenters. The molecule has 0 aromatic heterocycles. The third-order valence-electron chi connectivity index (χ3n) is 3.64. The molecule has 1 aromatic rings. The Balaban J connectivity index is 1.80. The van der Waals surface area contributed by atoms with Gasteiger partial charge >= 0.3 is 0 Å². The number of carbonyl (C=O) groups excluding carboxylic acids is 1. The van der Waals surface area contributed by atoms with Crippen molar-refractivity contribution in [3.63, 3.8) is 0 Å². The van der Waals surface area contributed by atoms with Crippen LogP contribution < -0.4 is 10.1 Å². The fourth-order valence-electron chi connectivity index (χ4n) is 2.43. The molecular weight excluding hydrogens is 364 g/mol. The highest BCUT2D eigenvalue weighted by Crippen LogP contribution is 2.21. The normalized spacial score (nSPS) is 15.1. The lowest BCUT2D eigenvalue weighted by atomic mass is 10.2. The van der Waals surface area contributed by atoms with E-state index in [1.165, 1.54) is 12.8 Å². The molecule has 0 bridgehead atoms. The van der Waals surface area contributed by atoms with E-state index in [2.05, 4.69) is 26.1 Å². The Bertz CT molecular complexity index is 543. The van der Waals surface area contributed by atoms with E-state index in [1.807, 2.05) is 25.1 Å². The fourth-order valence-corrected chi connectivity index (χ4v) is 3.20. The van der Waals surface area contributed by atoms with E-state index in [0.717, 1.165) is 36.0 Å². The van der Waals surface area contributed by atoms with Gasteiger partial charge < -0.3 is 15.0 Å². The summed E-state index contributed by atoms with van der Waals surface area (Å²) in [7, 11) is 0. The van der Waals surface area contributed by atoms with Crippen LogP contribution in [-0.4, -0.2) is 35.6 Å². The highest BCUT2D eigenvalue weighted by atomic mass is 79.9. The van der Waals surface area contributed by atoms with Crippen LogP contribution in [0.15, 0.2) is 22.7 Å². The molecule has 1 N–H and O–H groups in total. The van der Waals surface area contributed by atoms with E-state index in [9.17, 15) is 4.79 Å². The van der Waals surface area contributed by atoms with Crippen LogP contribution in [0.25, 0.3) is 0 Å². The highest BCUT2D eigenvalue weighted by Gasteiger charge is 2.15. The minimum atomic E-state index is -0.212. The van der Waals surface area contributed by atoms with Gasteiger partial charge in [0.15, 0.2) is 11.7 Å². The predicted molar refractivity (Wildman–Crippen MR) is 95.2 cm³/mol. The summed E-state index contributed by atoms with van der Waals surface area (Å²) in [4.78, 5) is 14.0. The number of ether oxygens (including phenoxy) is 1. The minimum absolute atomic E-state index is 0.0313. The average Bonchev–Trinajstić information content (AvgIpc) is 2.75. The second kappa shape index (κ2) is 8.48. The summed E-state index contributed by atoms with van der Waals surface area (Å²) >= 11 is 8.72. The van der Waals surface area contributed by atoms with Gasteiger partial charge in [-0.2, -0.15) is 0 Å². The van der Waals surface area contributed by atoms with Crippen LogP contribution in [-0.2, 0) is 4.79 Å². The zero-order chi connectivity index (χ0) is 15.9. The molecule has 0 spiro atoms. The number of nitrogens with zero attached hydrogens (tertiary/aromatic N) is 1. The SMILES string of the molecule is Cc1cc(Br)ccc1OCC(=O)NC(=S)N1CCCCCC1. The van der Waals surface area contributed by atoms with Gasteiger partial charge in [-0.1, -0.05) is 28.8 Å². The fraction of sp³-hybridized carbons (Fsp3) is 0.500. The predicted octanol–water partition coefficient (Wildman–Crippen LogP) is 3.41. The van der Waals surface area contributed by atoms with Gasteiger partial charge in [0, 0.05) is 17.6 Å². The number of amides is 1. The van der Waals surface area contributed by atoms with Gasteiger partial charge in [-0.05, 0) is 55.7 Å². The number of benzene rings is 1. The Kier molecular flexibility index (Phi) is 6.64. The molecule has 0 radical (unpaired) electrons. The van der Waals surface area contributed by atoms with Crippen LogP contribution >= 0.6 is 28.1 Å². The standard InChI is InChI=1S/C16H21BrN2O2S/c1-12-10-13(17)6-7-14(12)21-11-15(20)18-16(22)19-8-4-2-3-5-9-19/h6-7,10H,2-5,8-9,11H2,1H3,(H,18,20,22). The molecule has 1 heterocycles. The van der Waals surface area contributed by atoms with Crippen LogP contribution in [0.5, 0.6) is 5.75 Å². The van der Waals surface area contributed by atoms with E-state index >= 15 is 0 Å². The maximum atomic E-state index is 12.0. The van der Waals surface area contributed by atoms with Gasteiger partial charge in [-0.25, -0.2) is 0 Å². The number of hydrogen-bond acceptors (Lipinski definition) is 3. The maximum absolute atomic E-state index is 12.0. The molecule has 1 fully saturated rings. The summed E-state index contributed by atoms with van der Waals surface area (Å²) in [6.07, 6.45) is 4.73. The van der Waals surface area contributed by atoms with E-state index in [0.29, 0.717) is 10.9 Å². The van der Waals surface area contributed by atoms with E-state index < -0.39 is 0 Å². The minimum Gasteiger partial charge on any atom is -0.483 e. The van der Waals surface area contributed by atoms with E-state index in [4.69, 9.17) is 17.0 Å². The quantitative estimate of drug-likeness (QED) is 0.810. The first-order chi connectivity index (χ1) is 10.6. The molecule has 1 aromatic carbocycles. The number of hydrogen-bond donors (Lipinski definition) is 1. The van der Waals surface area contributed by atoms with Crippen molar-refractivity contribution < 1.29 is 9.53 Å². The van der Waals surface area contributed by atoms with Crippen molar-refractivity contribution >= 4 is 39.2 Å². The number of aryl methyl sites for hydroxylation is 1. The Morgan fingerprint density at radius 2 is 2.00 bits per heavy atom. The van der Waals surface area contributed by atoms with Gasteiger partial charge in [0.1, 0.15) is 5.75 Å². The summed E-state index contributed by atoms with van der Waals surface area (Å²) in [6, 6.07) is 5.69. The summed E-state index contributed by atoms with van der Waals surface area (Å²) < 4.78 is 6.55. The largest absolute Gasteiger partial charge is 0.483 e. The van der Waals surface area contributed by atoms with Crippen LogP contribution in [0, 0.1) is 6.92 Å². The second-order valence-electron chi connectivity index (χ2n) is 5.45. The number of likely N-dealkylation sites (tertiary alicyclic amines) is 1. The number of thiocarbonyl (C=S) groups is 1. The topological polar surface area (TPSA) is 41.6 Å². The zero-order valence-corrected chi connectivity index (χ0v) is 15.1. The van der Waals surface area contributed by atoms with Gasteiger partial charge in [0.2, 0.25) is 0 Å². The second-order valence-corrected chi connectivity index (χ2v) is 6.76. The van der Waals surface area contributed by atoms with Crippen LogP contribution in [0.4, 0.5) is 0 Å². The molecule has 120 valence electrons. The first-order valence-corrected chi connectivity index (χ1v) is 8.74. The number of carbonyl (C=O) groups is 1. The Labute approximate surface area is 145 Å². The third-order valence-corrected chi connectivity index (χ3v) is 4.49. The smallest absolute Gasteiger partial charge is 0.264 e. The van der Waals surface area contributed by atoms with Gasteiger partial charge in [0.05, 0.1) is 0 Å². The zero-order valence-electron chi connectivity index (χ0n) is 12.7. The van der Waals surface area contributed by atoms with Crippen LogP contribution in [0.1, 0.15) is 31.2 Å². The van der Waals surface area contributed by atoms with Crippen LogP contribution in [0.3, 0.4) is 0 Å². The number of rotatable bonds is 3. The molecule has 6 heteroatoms. The Morgan fingerprint density at radius 3 is 2.64 bits per heavy atom. The van der Waals surface area contributed by atoms with Crippen molar-refractivity contribution in [1.29, 1.82) is 0 Å². The van der Waals surface area contributed by atoms with Crippen molar-refractivity contribution in [3.05, 3.63) is 28.2 Å². The summed E-state index contributed by atoms with van der Waals surface area (Å²) in [5.41, 5.74) is 0.984. The lowest BCUT2D eigenvalue weighted by Crippen LogP contribution is -2.44. The summed E-state index contributed by atoms with van der Waals surface area (Å²) in [5.74, 6) is 0.496. The van der Waals surface area contributed by atoms with Crippen molar-refractivity contribution in [2.45, 2.75) is 32.6 Å². The maximum Gasteiger partial charge on any atom is 0.264 e. The van der Waals surface area contributed by atoms with Crippen molar-refractivity contribution in [2.75, 3.05) is 19.7 Å². The molecule has 1 amide bonds. The lowest BCUT2D eigenvalue weighted by molar-refractivity contribution is -0.121. The Hall–Kier alpha value is -1.14. The number of nitrogens with one attached hydrogen (secondary N) is 1. The molecule has 22 heavy (non-hydrogen) atoms. The molecule has 4 nitrogen and oxygen atoms in total. The number of halogens is 1. The molecule has 1 aliphatic rings. The molecule has 0 aliphatic carbocycles. The molecule has 2 rings (SSSR count). The molecule has 0 atom stereocenters. The van der Waals surface area contributed by atoms with Gasteiger partial charge in [0.25, 0.3) is 5.91 Å². The van der Waals surface area contributed by atoms with Crippen molar-refractivity contribution in [1.82, 2.24) is 10.2 Å². The van der Waals surface area contributed by atoms with E-state index in [-0.39, 0.29) is 12.5 Å². The Morgan fingerprint density at radius 1 is 1.32 bits per heavy atom. The third kappa shape index (κ3) is 5.25. The van der Waals surface area contributed by atoms with Gasteiger partial charge in [-0.15, -0.1) is 0 Å². The highest BCUT2D eigenvalue weighted by molar-refractivity contribution is 9.10. The molecule has 1 aliphatic heterocycles. The van der Waals surface area contributed by atoms with Crippen molar-refractivity contribution in [2.24, 2.45) is 0 Å². The lowest BCUT2D eigenvalue weighted by Gasteiger charge is -2.23. The summed E-state index contributed by atoms with van der Waals surface area (Å²) in [5, 5.41) is 3.28. The first kappa shape index (κ1) is 17.2. The molecular formula is C16H21BrN2O2S. The van der Waals surface area contributed by atoms with E-state index in [1.54, 1.807) is 0 Å². The summed E-state index contributed by atoms with van der Waals surface area (Å²) in [6.45, 7) is 3.76. The molecule has 1 saturated heterocycles. The first-order valence-electron chi connectivity index (χ1n) is 7.54. The van der Waals surface area contributed by atoms with Gasteiger partial charge in [-0.3, -0.25) is 4.79 Å². The van der Waals surface area contributed by atoms with Crippen LogP contribution in [0.2, 0.25) is 0 Å². The van der Waals surface area contributed by atoms with Crippen molar-refractivity contribution in [3.8, 4) is 5.75 Å². The average molecular weight is 385 g/mol. The monoisotopic (exact) mass is 384 g/mol. The molecule has 0 saturated carbocycles.